The van der Waals surface area contributed by atoms with E-state index < -0.39 is 5.60 Å². The molecule has 0 atom stereocenters. The number of phenols is 1. The molecule has 2 heterocycles. The van der Waals surface area contributed by atoms with E-state index in [1.807, 2.05) is 50.2 Å². The van der Waals surface area contributed by atoms with Crippen molar-refractivity contribution in [3.8, 4) is 28.4 Å². The van der Waals surface area contributed by atoms with E-state index in [0.717, 1.165) is 11.1 Å². The minimum Gasteiger partial charge on any atom is -0.502 e. The number of rotatable bonds is 3. The van der Waals surface area contributed by atoms with Gasteiger partial charge in [0.15, 0.2) is 11.5 Å². The summed E-state index contributed by atoms with van der Waals surface area (Å²) in [5, 5.41) is 10.6. The molecule has 0 saturated carbocycles. The van der Waals surface area contributed by atoms with E-state index in [1.54, 1.807) is 18.2 Å². The van der Waals surface area contributed by atoms with Crippen LogP contribution in [0.1, 0.15) is 45.7 Å². The second-order valence-corrected chi connectivity index (χ2v) is 8.20. The van der Waals surface area contributed by atoms with Crippen molar-refractivity contribution in [2.24, 2.45) is 0 Å². The van der Waals surface area contributed by atoms with Crippen LogP contribution < -0.4 is 9.47 Å². The monoisotopic (exact) mass is 415 g/mol. The first-order valence-electron chi connectivity index (χ1n) is 10.0. The quantitative estimate of drug-likeness (QED) is 0.638. The Bertz CT molecular complexity index is 1250. The van der Waals surface area contributed by atoms with Crippen LogP contribution in [0, 0.1) is 0 Å². The summed E-state index contributed by atoms with van der Waals surface area (Å²) in [5.41, 5.74) is 2.72. The SMILES string of the molecule is COc1ccc2c(c1O)OC(C)(C)c1c-2ccc2c1C(=O)N(Cc1ccccc1)C2=O. The Morgan fingerprint density at radius 3 is 2.32 bits per heavy atom. The number of fused-ring (bicyclic) bond motifs is 5. The van der Waals surface area contributed by atoms with Gasteiger partial charge in [-0.3, -0.25) is 14.5 Å². The Kier molecular flexibility index (Phi) is 4.09. The number of aromatic hydroxyl groups is 1. The molecule has 6 heteroatoms. The summed E-state index contributed by atoms with van der Waals surface area (Å²) in [6, 6.07) is 16.4. The van der Waals surface area contributed by atoms with Crippen LogP contribution in [-0.2, 0) is 12.1 Å². The first kappa shape index (κ1) is 19.2. The van der Waals surface area contributed by atoms with Gasteiger partial charge in [-0.15, -0.1) is 0 Å². The maximum absolute atomic E-state index is 13.4. The maximum atomic E-state index is 13.4. The fourth-order valence-corrected chi connectivity index (χ4v) is 4.47. The summed E-state index contributed by atoms with van der Waals surface area (Å²) < 4.78 is 11.4. The lowest BCUT2D eigenvalue weighted by atomic mass is 9.81. The number of carbonyl (C=O) groups is 2. The van der Waals surface area contributed by atoms with Crippen LogP contribution in [0.4, 0.5) is 0 Å². The normalized spacial score (nSPS) is 15.8. The Balaban J connectivity index is 1.67. The van der Waals surface area contributed by atoms with Crippen molar-refractivity contribution < 1.29 is 24.2 Å². The molecule has 6 nitrogen and oxygen atoms in total. The van der Waals surface area contributed by atoms with Gasteiger partial charge in [0.2, 0.25) is 5.75 Å². The largest absolute Gasteiger partial charge is 0.502 e. The van der Waals surface area contributed by atoms with Gasteiger partial charge in [0.1, 0.15) is 5.60 Å². The topological polar surface area (TPSA) is 76.1 Å². The molecule has 2 aliphatic heterocycles. The van der Waals surface area contributed by atoms with E-state index >= 15 is 0 Å². The Morgan fingerprint density at radius 2 is 1.61 bits per heavy atom. The molecule has 0 aliphatic carbocycles. The number of benzene rings is 3. The predicted molar refractivity (Wildman–Crippen MR) is 114 cm³/mol. The molecule has 0 radical (unpaired) electrons. The third-order valence-corrected chi connectivity index (χ3v) is 5.89. The fraction of sp³-hybridized carbons (Fsp3) is 0.200. The molecule has 0 saturated heterocycles. The lowest BCUT2D eigenvalue weighted by molar-refractivity contribution is 0.0633. The van der Waals surface area contributed by atoms with Crippen LogP contribution in [0.25, 0.3) is 11.1 Å². The number of amides is 2. The highest BCUT2D eigenvalue weighted by Crippen LogP contribution is 2.53. The summed E-state index contributed by atoms with van der Waals surface area (Å²) in [7, 11) is 1.47. The average molecular weight is 415 g/mol. The zero-order valence-electron chi connectivity index (χ0n) is 17.4. The van der Waals surface area contributed by atoms with Gasteiger partial charge in [-0.05, 0) is 43.2 Å². The van der Waals surface area contributed by atoms with Gasteiger partial charge >= 0.3 is 0 Å². The van der Waals surface area contributed by atoms with Crippen molar-refractivity contribution in [3.63, 3.8) is 0 Å². The van der Waals surface area contributed by atoms with Crippen molar-refractivity contribution >= 4 is 11.8 Å². The minimum atomic E-state index is -0.948. The number of hydrogen-bond donors (Lipinski definition) is 1. The minimum absolute atomic E-state index is 0.0904. The second kappa shape index (κ2) is 6.60. The van der Waals surface area contributed by atoms with E-state index in [0.29, 0.717) is 33.8 Å². The standard InChI is InChI=1S/C25H21NO5/c1-25(2)20-15(16-11-12-18(30-3)21(27)22(16)31-25)9-10-17-19(20)24(29)26(23(17)28)13-14-7-5-4-6-8-14/h4-12,27H,13H2,1-3H3. The smallest absolute Gasteiger partial charge is 0.262 e. The van der Waals surface area contributed by atoms with E-state index in [9.17, 15) is 14.7 Å². The summed E-state index contributed by atoms with van der Waals surface area (Å²) in [4.78, 5) is 27.8. The summed E-state index contributed by atoms with van der Waals surface area (Å²) >= 11 is 0. The molecule has 5 rings (SSSR count). The molecule has 0 bridgehead atoms. The number of ether oxygens (including phenoxy) is 2. The Hall–Kier alpha value is -3.80. The average Bonchev–Trinajstić information content (AvgIpc) is 2.99. The van der Waals surface area contributed by atoms with Crippen molar-refractivity contribution in [1.29, 1.82) is 0 Å². The molecule has 31 heavy (non-hydrogen) atoms. The molecular formula is C25H21NO5. The molecule has 156 valence electrons. The third kappa shape index (κ3) is 2.71. The van der Waals surface area contributed by atoms with Crippen molar-refractivity contribution in [2.75, 3.05) is 7.11 Å². The number of hydrogen-bond acceptors (Lipinski definition) is 5. The van der Waals surface area contributed by atoms with Crippen LogP contribution >= 0.6 is 0 Å². The van der Waals surface area contributed by atoms with Crippen molar-refractivity contribution in [1.82, 2.24) is 4.90 Å². The number of carbonyl (C=O) groups excluding carboxylic acids is 2. The second-order valence-electron chi connectivity index (χ2n) is 8.20. The van der Waals surface area contributed by atoms with E-state index in [-0.39, 0.29) is 24.1 Å². The molecule has 0 unspecified atom stereocenters. The summed E-state index contributed by atoms with van der Waals surface area (Å²) in [6.07, 6.45) is 0. The van der Waals surface area contributed by atoms with Gasteiger partial charge in [0.25, 0.3) is 11.8 Å². The van der Waals surface area contributed by atoms with E-state index in [2.05, 4.69) is 0 Å². The van der Waals surface area contributed by atoms with Crippen LogP contribution in [0.2, 0.25) is 0 Å². The van der Waals surface area contributed by atoms with Gasteiger partial charge < -0.3 is 14.6 Å². The van der Waals surface area contributed by atoms with Gasteiger partial charge in [-0.2, -0.15) is 0 Å². The Labute approximate surface area is 179 Å². The van der Waals surface area contributed by atoms with Crippen LogP contribution in [-0.4, -0.2) is 28.9 Å². The Morgan fingerprint density at radius 1 is 0.935 bits per heavy atom. The molecule has 0 fully saturated rings. The zero-order chi connectivity index (χ0) is 21.9. The molecule has 2 aliphatic rings. The highest BCUT2D eigenvalue weighted by Gasteiger charge is 2.45. The maximum Gasteiger partial charge on any atom is 0.262 e. The number of methoxy groups -OCH3 is 1. The number of imide groups is 1. The molecule has 1 N–H and O–H groups in total. The lowest BCUT2D eigenvalue weighted by Crippen LogP contribution is -2.33. The number of nitrogens with zero attached hydrogens (tertiary/aromatic N) is 1. The van der Waals surface area contributed by atoms with E-state index in [4.69, 9.17) is 9.47 Å². The molecule has 3 aromatic carbocycles. The van der Waals surface area contributed by atoms with Crippen molar-refractivity contribution in [2.45, 2.75) is 26.0 Å². The van der Waals surface area contributed by atoms with E-state index in [1.165, 1.54) is 12.0 Å². The summed E-state index contributed by atoms with van der Waals surface area (Å²) in [6.45, 7) is 3.86. The fourth-order valence-electron chi connectivity index (χ4n) is 4.47. The molecule has 2 amide bonds. The summed E-state index contributed by atoms with van der Waals surface area (Å²) in [5.74, 6) is -0.133. The highest BCUT2D eigenvalue weighted by molar-refractivity contribution is 6.23. The molecular weight excluding hydrogens is 394 g/mol. The van der Waals surface area contributed by atoms with Crippen LogP contribution in [0.3, 0.4) is 0 Å². The predicted octanol–water partition coefficient (Wildman–Crippen LogP) is 4.49. The first-order chi connectivity index (χ1) is 14.8. The van der Waals surface area contributed by atoms with Gasteiger partial charge in [0.05, 0.1) is 24.8 Å². The van der Waals surface area contributed by atoms with Gasteiger partial charge in [-0.25, -0.2) is 0 Å². The van der Waals surface area contributed by atoms with Crippen molar-refractivity contribution in [3.05, 3.63) is 76.9 Å². The molecule has 3 aromatic rings. The zero-order valence-corrected chi connectivity index (χ0v) is 17.4. The lowest BCUT2D eigenvalue weighted by Gasteiger charge is -2.36. The number of phenolic OH excluding ortho intramolecular Hbond substituents is 1. The molecule has 0 spiro atoms. The molecule has 0 aromatic heterocycles. The van der Waals surface area contributed by atoms with Crippen LogP contribution in [0.5, 0.6) is 17.2 Å². The third-order valence-electron chi connectivity index (χ3n) is 5.89. The van der Waals surface area contributed by atoms with Gasteiger partial charge in [0, 0.05) is 11.1 Å². The van der Waals surface area contributed by atoms with Crippen LogP contribution in [0.15, 0.2) is 54.6 Å². The highest BCUT2D eigenvalue weighted by atomic mass is 16.5. The van der Waals surface area contributed by atoms with Gasteiger partial charge in [-0.1, -0.05) is 36.4 Å². The first-order valence-corrected chi connectivity index (χ1v) is 10.0.